The summed E-state index contributed by atoms with van der Waals surface area (Å²) in [6, 6.07) is 52.9. The average molecular weight is 629 g/mol. The standard InChI is InChI=1S/C39H34O4P2/c1-39(2,31-23-27-33(28-24-31)42-44(40,35-15-7-3-8-16-35)36-17-9-4-10-18-36)32-25-29-34(30-26-32)43-45(41,37-19-11-5-12-20-37)38-21-13-6-14-22-38/h3-30H,1-2H3. The van der Waals surface area contributed by atoms with E-state index in [2.05, 4.69) is 13.8 Å². The van der Waals surface area contributed by atoms with Gasteiger partial charge in [-0.25, -0.2) is 0 Å². The van der Waals surface area contributed by atoms with Crippen LogP contribution in [0.5, 0.6) is 11.5 Å². The van der Waals surface area contributed by atoms with Crippen molar-refractivity contribution in [2.75, 3.05) is 0 Å². The molecule has 6 aromatic rings. The summed E-state index contributed by atoms with van der Waals surface area (Å²) in [5.74, 6) is 1.07. The Labute approximate surface area is 265 Å². The van der Waals surface area contributed by atoms with E-state index in [1.807, 2.05) is 170 Å². The molecule has 224 valence electrons. The van der Waals surface area contributed by atoms with Crippen LogP contribution in [-0.4, -0.2) is 0 Å². The molecule has 6 rings (SSSR count). The Morgan fingerprint density at radius 1 is 0.378 bits per heavy atom. The molecule has 0 aliphatic rings. The van der Waals surface area contributed by atoms with Gasteiger partial charge in [0.25, 0.3) is 0 Å². The minimum Gasteiger partial charge on any atom is -0.437 e. The monoisotopic (exact) mass is 628 g/mol. The van der Waals surface area contributed by atoms with Gasteiger partial charge >= 0.3 is 14.7 Å². The summed E-state index contributed by atoms with van der Waals surface area (Å²) in [5, 5.41) is 2.58. The zero-order chi connectivity index (χ0) is 31.3. The molecule has 0 bridgehead atoms. The third kappa shape index (κ3) is 6.31. The fraction of sp³-hybridized carbons (Fsp3) is 0.0769. The molecule has 45 heavy (non-hydrogen) atoms. The molecule has 0 atom stereocenters. The fourth-order valence-electron chi connectivity index (χ4n) is 5.33. The first-order valence-electron chi connectivity index (χ1n) is 14.8. The summed E-state index contributed by atoms with van der Waals surface area (Å²) < 4.78 is 41.3. The van der Waals surface area contributed by atoms with Crippen molar-refractivity contribution in [3.05, 3.63) is 181 Å². The van der Waals surface area contributed by atoms with Gasteiger partial charge in [-0.05, 0) is 83.9 Å². The second-order valence-corrected chi connectivity index (χ2v) is 15.9. The molecule has 0 fully saturated rings. The van der Waals surface area contributed by atoms with Gasteiger partial charge in [0, 0.05) is 5.41 Å². The second kappa shape index (κ2) is 12.8. The molecule has 0 saturated heterocycles. The summed E-state index contributed by atoms with van der Waals surface area (Å²) >= 11 is 0. The molecule has 0 aromatic heterocycles. The minimum absolute atomic E-state index is 0.359. The summed E-state index contributed by atoms with van der Waals surface area (Å²) in [6.07, 6.45) is 0. The van der Waals surface area contributed by atoms with E-state index in [-0.39, 0.29) is 5.41 Å². The lowest BCUT2D eigenvalue weighted by atomic mass is 9.78. The lowest BCUT2D eigenvalue weighted by Crippen LogP contribution is -2.21. The highest BCUT2D eigenvalue weighted by Crippen LogP contribution is 2.47. The Morgan fingerprint density at radius 3 is 0.867 bits per heavy atom. The molecular formula is C39H34O4P2. The quantitative estimate of drug-likeness (QED) is 0.143. The number of benzene rings is 6. The zero-order valence-electron chi connectivity index (χ0n) is 25.2. The Morgan fingerprint density at radius 2 is 0.622 bits per heavy atom. The third-order valence-corrected chi connectivity index (χ3v) is 12.9. The van der Waals surface area contributed by atoms with E-state index in [9.17, 15) is 9.13 Å². The SMILES string of the molecule is CC(C)(c1ccc(OP(=O)(c2ccccc2)c2ccccc2)cc1)c1ccc(OP(=O)(c2ccccc2)c2ccccc2)cc1. The van der Waals surface area contributed by atoms with Crippen LogP contribution in [0.4, 0.5) is 0 Å². The molecule has 0 N–H and O–H groups in total. The first-order valence-corrected chi connectivity index (χ1v) is 18.1. The predicted octanol–water partition coefficient (Wildman–Crippen LogP) is 8.63. The van der Waals surface area contributed by atoms with Crippen molar-refractivity contribution in [2.45, 2.75) is 19.3 Å². The van der Waals surface area contributed by atoms with E-state index >= 15 is 0 Å². The van der Waals surface area contributed by atoms with Crippen molar-refractivity contribution in [2.24, 2.45) is 0 Å². The van der Waals surface area contributed by atoms with Crippen molar-refractivity contribution < 1.29 is 18.2 Å². The van der Waals surface area contributed by atoms with Crippen molar-refractivity contribution in [3.8, 4) is 11.5 Å². The average Bonchev–Trinajstić information content (AvgIpc) is 3.10. The molecule has 6 aromatic carbocycles. The normalized spacial score (nSPS) is 12.0. The van der Waals surface area contributed by atoms with Gasteiger partial charge in [-0.2, -0.15) is 0 Å². The molecule has 0 heterocycles. The lowest BCUT2D eigenvalue weighted by Gasteiger charge is -2.27. The number of hydrogen-bond acceptors (Lipinski definition) is 4. The van der Waals surface area contributed by atoms with Crippen molar-refractivity contribution in [1.82, 2.24) is 0 Å². The molecule has 0 amide bonds. The van der Waals surface area contributed by atoms with Crippen LogP contribution in [-0.2, 0) is 14.5 Å². The van der Waals surface area contributed by atoms with Gasteiger partial charge in [0.05, 0.1) is 21.2 Å². The summed E-state index contributed by atoms with van der Waals surface area (Å²) in [6.45, 7) is 4.30. The largest absolute Gasteiger partial charge is 0.437 e. The van der Waals surface area contributed by atoms with Crippen LogP contribution >= 0.6 is 14.7 Å². The molecule has 0 aliphatic carbocycles. The maximum Gasteiger partial charge on any atom is 0.306 e. The first kappa shape index (κ1) is 30.4. The molecular weight excluding hydrogens is 594 g/mol. The molecule has 0 saturated carbocycles. The Kier molecular flexibility index (Phi) is 8.63. The van der Waals surface area contributed by atoms with E-state index in [0.29, 0.717) is 32.7 Å². The van der Waals surface area contributed by atoms with Crippen molar-refractivity contribution >= 4 is 36.0 Å². The van der Waals surface area contributed by atoms with Gasteiger partial charge in [0.2, 0.25) is 0 Å². The summed E-state index contributed by atoms with van der Waals surface area (Å²) in [5.41, 5.74) is 1.77. The third-order valence-electron chi connectivity index (χ3n) is 8.00. The van der Waals surface area contributed by atoms with E-state index in [0.717, 1.165) is 11.1 Å². The summed E-state index contributed by atoms with van der Waals surface area (Å²) in [7, 11) is -6.73. The number of rotatable bonds is 10. The van der Waals surface area contributed by atoms with Crippen LogP contribution in [0.15, 0.2) is 170 Å². The van der Waals surface area contributed by atoms with E-state index in [4.69, 9.17) is 9.05 Å². The van der Waals surface area contributed by atoms with Crippen LogP contribution in [0.1, 0.15) is 25.0 Å². The topological polar surface area (TPSA) is 52.6 Å². The van der Waals surface area contributed by atoms with Crippen molar-refractivity contribution in [3.63, 3.8) is 0 Å². The highest BCUT2D eigenvalue weighted by molar-refractivity contribution is 7.75. The van der Waals surface area contributed by atoms with Crippen LogP contribution in [0.25, 0.3) is 0 Å². The van der Waals surface area contributed by atoms with Gasteiger partial charge in [0.1, 0.15) is 11.5 Å². The van der Waals surface area contributed by atoms with Gasteiger partial charge in [-0.3, -0.25) is 9.13 Å². The molecule has 0 aliphatic heterocycles. The van der Waals surface area contributed by atoms with Crippen LogP contribution < -0.4 is 30.3 Å². The van der Waals surface area contributed by atoms with Gasteiger partial charge < -0.3 is 9.05 Å². The van der Waals surface area contributed by atoms with E-state index in [1.165, 1.54) is 0 Å². The molecule has 0 unspecified atom stereocenters. The predicted molar refractivity (Wildman–Crippen MR) is 186 cm³/mol. The Hall–Kier alpha value is -4.62. The summed E-state index contributed by atoms with van der Waals surface area (Å²) in [4.78, 5) is 0. The van der Waals surface area contributed by atoms with Crippen molar-refractivity contribution in [1.29, 1.82) is 0 Å². The van der Waals surface area contributed by atoms with Gasteiger partial charge in [-0.1, -0.05) is 111 Å². The number of hydrogen-bond donors (Lipinski definition) is 0. The van der Waals surface area contributed by atoms with Crippen LogP contribution in [0, 0.1) is 0 Å². The maximum absolute atomic E-state index is 14.3. The Balaban J connectivity index is 1.24. The highest BCUT2D eigenvalue weighted by atomic mass is 31.2. The smallest absolute Gasteiger partial charge is 0.306 e. The van der Waals surface area contributed by atoms with E-state index < -0.39 is 14.7 Å². The zero-order valence-corrected chi connectivity index (χ0v) is 27.0. The molecule has 4 nitrogen and oxygen atoms in total. The van der Waals surface area contributed by atoms with Gasteiger partial charge in [-0.15, -0.1) is 0 Å². The lowest BCUT2D eigenvalue weighted by molar-refractivity contribution is 0.501. The van der Waals surface area contributed by atoms with E-state index in [1.54, 1.807) is 0 Å². The van der Waals surface area contributed by atoms with Gasteiger partial charge in [0.15, 0.2) is 0 Å². The molecule has 6 heteroatoms. The minimum atomic E-state index is -3.36. The first-order chi connectivity index (χ1) is 21.8. The highest BCUT2D eigenvalue weighted by Gasteiger charge is 2.32. The second-order valence-electron chi connectivity index (χ2n) is 11.3. The maximum atomic E-state index is 14.3. The molecule has 0 radical (unpaired) electrons. The van der Waals surface area contributed by atoms with Crippen LogP contribution in [0.2, 0.25) is 0 Å². The van der Waals surface area contributed by atoms with Crippen LogP contribution in [0.3, 0.4) is 0 Å². The molecule has 0 spiro atoms. The fourth-order valence-corrected chi connectivity index (χ4v) is 9.45. The Bertz CT molecular complexity index is 1710.